The first-order chi connectivity index (χ1) is 13.0. The van der Waals surface area contributed by atoms with Gasteiger partial charge in [0.1, 0.15) is 5.75 Å². The highest BCUT2D eigenvalue weighted by atomic mass is 16.5. The van der Waals surface area contributed by atoms with Crippen LogP contribution in [0.2, 0.25) is 0 Å². The van der Waals surface area contributed by atoms with E-state index in [0.717, 1.165) is 18.8 Å². The molecule has 1 N–H and O–H groups in total. The number of aryl methyl sites for hydroxylation is 1. The molecular weight excluding hydrogens is 336 g/mol. The molecule has 144 valence electrons. The highest BCUT2D eigenvalue weighted by Gasteiger charge is 2.24. The fraction of sp³-hybridized carbons (Fsp3) is 0.435. The Kier molecular flexibility index (Phi) is 6.51. The van der Waals surface area contributed by atoms with Crippen LogP contribution in [0.3, 0.4) is 0 Å². The summed E-state index contributed by atoms with van der Waals surface area (Å²) < 4.78 is 5.64. The largest absolute Gasteiger partial charge is 0.491 e. The van der Waals surface area contributed by atoms with Gasteiger partial charge in [-0.2, -0.15) is 0 Å². The third kappa shape index (κ3) is 5.33. The Morgan fingerprint density at radius 1 is 1.04 bits per heavy atom. The van der Waals surface area contributed by atoms with Gasteiger partial charge < -0.3 is 10.1 Å². The zero-order chi connectivity index (χ0) is 19.2. The molecule has 1 aliphatic heterocycles. The minimum absolute atomic E-state index is 0.0394. The molecule has 0 aromatic heterocycles. The third-order valence-electron chi connectivity index (χ3n) is 4.99. The average molecular weight is 367 g/mol. The van der Waals surface area contributed by atoms with E-state index in [1.54, 1.807) is 0 Å². The van der Waals surface area contributed by atoms with E-state index in [1.807, 2.05) is 38.1 Å². The lowest BCUT2D eigenvalue weighted by molar-refractivity contribution is 0.0938. The number of hydrogen-bond acceptors (Lipinski definition) is 3. The molecule has 1 unspecified atom stereocenters. The molecule has 1 aliphatic rings. The molecule has 0 spiro atoms. The summed E-state index contributed by atoms with van der Waals surface area (Å²) in [6.45, 7) is 8.88. The van der Waals surface area contributed by atoms with Gasteiger partial charge >= 0.3 is 0 Å². The van der Waals surface area contributed by atoms with E-state index < -0.39 is 0 Å². The van der Waals surface area contributed by atoms with Crippen LogP contribution in [0.15, 0.2) is 48.5 Å². The SMILES string of the molecule is Cc1ccc(C(CNC(=O)c2ccc(OC(C)C)cc2)N2CCCC2)cc1. The van der Waals surface area contributed by atoms with Crippen LogP contribution in [0.4, 0.5) is 0 Å². The number of amides is 1. The normalized spacial score (nSPS) is 15.7. The maximum atomic E-state index is 12.6. The lowest BCUT2D eigenvalue weighted by atomic mass is 10.0. The fourth-order valence-corrected chi connectivity index (χ4v) is 3.55. The molecular formula is C23H30N2O2. The maximum Gasteiger partial charge on any atom is 0.251 e. The quantitative estimate of drug-likeness (QED) is 0.792. The van der Waals surface area contributed by atoms with E-state index in [-0.39, 0.29) is 18.1 Å². The number of nitrogens with one attached hydrogen (secondary N) is 1. The summed E-state index contributed by atoms with van der Waals surface area (Å²) in [5.41, 5.74) is 3.19. The van der Waals surface area contributed by atoms with Gasteiger partial charge in [-0.25, -0.2) is 0 Å². The van der Waals surface area contributed by atoms with Crippen LogP contribution in [0, 0.1) is 6.92 Å². The minimum Gasteiger partial charge on any atom is -0.491 e. The molecule has 3 rings (SSSR count). The second-order valence-electron chi connectivity index (χ2n) is 7.57. The molecule has 1 heterocycles. The summed E-state index contributed by atoms with van der Waals surface area (Å²) in [4.78, 5) is 15.1. The van der Waals surface area contributed by atoms with Crippen molar-refractivity contribution in [1.82, 2.24) is 10.2 Å². The van der Waals surface area contributed by atoms with Crippen LogP contribution in [0.1, 0.15) is 54.2 Å². The lowest BCUT2D eigenvalue weighted by Gasteiger charge is -2.28. The number of carbonyl (C=O) groups is 1. The predicted octanol–water partition coefficient (Wildman–Crippen LogP) is 4.35. The standard InChI is InChI=1S/C23H30N2O2/c1-17(2)27-21-12-10-20(11-13-21)23(26)24-16-22(25-14-4-5-15-25)19-8-6-18(3)7-9-19/h6-13,17,22H,4-5,14-16H2,1-3H3,(H,24,26). The number of carbonyl (C=O) groups excluding carboxylic acids is 1. The zero-order valence-electron chi connectivity index (χ0n) is 16.6. The van der Waals surface area contributed by atoms with E-state index in [1.165, 1.54) is 24.0 Å². The first-order valence-corrected chi connectivity index (χ1v) is 9.88. The monoisotopic (exact) mass is 366 g/mol. The van der Waals surface area contributed by atoms with Crippen molar-refractivity contribution in [2.45, 2.75) is 45.8 Å². The Morgan fingerprint density at radius 3 is 2.26 bits per heavy atom. The molecule has 0 bridgehead atoms. The summed E-state index contributed by atoms with van der Waals surface area (Å²) in [6.07, 6.45) is 2.58. The van der Waals surface area contributed by atoms with Crippen molar-refractivity contribution >= 4 is 5.91 Å². The Hall–Kier alpha value is -2.33. The van der Waals surface area contributed by atoms with Crippen LogP contribution in [0.25, 0.3) is 0 Å². The van der Waals surface area contributed by atoms with Gasteiger partial charge in [0.2, 0.25) is 0 Å². The van der Waals surface area contributed by atoms with Gasteiger partial charge in [0.25, 0.3) is 5.91 Å². The van der Waals surface area contributed by atoms with Crippen LogP contribution < -0.4 is 10.1 Å². The molecule has 4 heteroatoms. The van der Waals surface area contributed by atoms with Gasteiger partial charge in [-0.1, -0.05) is 29.8 Å². The van der Waals surface area contributed by atoms with Crippen molar-refractivity contribution in [3.05, 3.63) is 65.2 Å². The van der Waals surface area contributed by atoms with E-state index in [4.69, 9.17) is 4.74 Å². The summed E-state index contributed by atoms with van der Waals surface area (Å²) >= 11 is 0. The molecule has 2 aromatic carbocycles. The molecule has 2 aromatic rings. The number of rotatable bonds is 7. The van der Waals surface area contributed by atoms with Crippen molar-refractivity contribution in [2.75, 3.05) is 19.6 Å². The summed E-state index contributed by atoms with van der Waals surface area (Å²) in [5.74, 6) is 0.749. The topological polar surface area (TPSA) is 41.6 Å². The van der Waals surface area contributed by atoms with Crippen molar-refractivity contribution < 1.29 is 9.53 Å². The smallest absolute Gasteiger partial charge is 0.251 e. The fourth-order valence-electron chi connectivity index (χ4n) is 3.55. The van der Waals surface area contributed by atoms with E-state index in [9.17, 15) is 4.79 Å². The molecule has 1 amide bonds. The van der Waals surface area contributed by atoms with Gasteiger partial charge in [0.15, 0.2) is 0 Å². The second kappa shape index (κ2) is 9.05. The molecule has 0 radical (unpaired) electrons. The number of nitrogens with zero attached hydrogens (tertiary/aromatic N) is 1. The second-order valence-corrected chi connectivity index (χ2v) is 7.57. The van der Waals surface area contributed by atoms with Gasteiger partial charge in [-0.3, -0.25) is 9.69 Å². The Balaban J connectivity index is 1.65. The van der Waals surface area contributed by atoms with Crippen molar-refractivity contribution in [1.29, 1.82) is 0 Å². The van der Waals surface area contributed by atoms with Gasteiger partial charge in [-0.15, -0.1) is 0 Å². The third-order valence-corrected chi connectivity index (χ3v) is 4.99. The molecule has 4 nitrogen and oxygen atoms in total. The average Bonchev–Trinajstić information content (AvgIpc) is 3.18. The van der Waals surface area contributed by atoms with Crippen molar-refractivity contribution in [3.8, 4) is 5.75 Å². The first-order valence-electron chi connectivity index (χ1n) is 9.88. The lowest BCUT2D eigenvalue weighted by Crippen LogP contribution is -2.36. The molecule has 0 saturated carbocycles. The molecule has 0 aliphatic carbocycles. The van der Waals surface area contributed by atoms with Gasteiger partial charge in [-0.05, 0) is 76.5 Å². The van der Waals surface area contributed by atoms with Crippen molar-refractivity contribution in [3.63, 3.8) is 0 Å². The highest BCUT2D eigenvalue weighted by Crippen LogP contribution is 2.25. The van der Waals surface area contributed by atoms with Crippen LogP contribution in [0.5, 0.6) is 5.75 Å². The molecule has 27 heavy (non-hydrogen) atoms. The number of likely N-dealkylation sites (tertiary alicyclic amines) is 1. The number of ether oxygens (including phenoxy) is 1. The predicted molar refractivity (Wildman–Crippen MR) is 109 cm³/mol. The summed E-state index contributed by atoms with van der Waals surface area (Å²) in [5, 5.41) is 3.13. The van der Waals surface area contributed by atoms with Gasteiger partial charge in [0.05, 0.1) is 12.1 Å². The Bertz CT molecular complexity index is 732. The molecule has 1 fully saturated rings. The van der Waals surface area contributed by atoms with Crippen molar-refractivity contribution in [2.24, 2.45) is 0 Å². The number of benzene rings is 2. The van der Waals surface area contributed by atoms with E-state index in [0.29, 0.717) is 12.1 Å². The summed E-state index contributed by atoms with van der Waals surface area (Å²) in [7, 11) is 0. The molecule has 1 saturated heterocycles. The Labute approximate surface area is 162 Å². The minimum atomic E-state index is -0.0394. The van der Waals surface area contributed by atoms with Crippen LogP contribution in [-0.4, -0.2) is 36.5 Å². The zero-order valence-corrected chi connectivity index (χ0v) is 16.6. The van der Waals surface area contributed by atoms with Gasteiger partial charge in [0, 0.05) is 12.1 Å². The molecule has 1 atom stereocenters. The Morgan fingerprint density at radius 2 is 1.67 bits per heavy atom. The highest BCUT2D eigenvalue weighted by molar-refractivity contribution is 5.94. The number of hydrogen-bond donors (Lipinski definition) is 1. The summed E-state index contributed by atoms with van der Waals surface area (Å²) in [6, 6.07) is 16.2. The van der Waals surface area contributed by atoms with Crippen LogP contribution in [-0.2, 0) is 0 Å². The first kappa shape index (κ1) is 19.4. The van der Waals surface area contributed by atoms with Crippen LogP contribution >= 0.6 is 0 Å². The van der Waals surface area contributed by atoms with E-state index >= 15 is 0 Å². The maximum absolute atomic E-state index is 12.6. The van der Waals surface area contributed by atoms with E-state index in [2.05, 4.69) is 41.4 Å².